The fourth-order valence-corrected chi connectivity index (χ4v) is 3.78. The van der Waals surface area contributed by atoms with Gasteiger partial charge in [-0.15, -0.1) is 0 Å². The number of aromatic nitrogens is 2. The summed E-state index contributed by atoms with van der Waals surface area (Å²) in [5.41, 5.74) is 2.26. The normalized spacial score (nSPS) is 18.1. The van der Waals surface area contributed by atoms with Crippen LogP contribution < -0.4 is 15.5 Å². The average Bonchev–Trinajstić information content (AvgIpc) is 3.15. The van der Waals surface area contributed by atoms with Crippen molar-refractivity contribution in [3.63, 3.8) is 0 Å². The summed E-state index contributed by atoms with van der Waals surface area (Å²) in [6.45, 7) is 5.32. The maximum Gasteiger partial charge on any atom is 0.136 e. The van der Waals surface area contributed by atoms with Gasteiger partial charge in [0, 0.05) is 25.2 Å². The van der Waals surface area contributed by atoms with E-state index in [2.05, 4.69) is 49.8 Å². The molecule has 0 spiro atoms. The van der Waals surface area contributed by atoms with Crippen molar-refractivity contribution in [1.29, 1.82) is 0 Å². The van der Waals surface area contributed by atoms with E-state index in [1.165, 1.54) is 31.4 Å². The lowest BCUT2D eigenvalue weighted by Gasteiger charge is -2.30. The predicted octanol–water partition coefficient (Wildman–Crippen LogP) is 3.72. The number of anilines is 4. The van der Waals surface area contributed by atoms with Crippen LogP contribution >= 0.6 is 0 Å². The van der Waals surface area contributed by atoms with Gasteiger partial charge in [-0.2, -0.15) is 0 Å². The highest BCUT2D eigenvalue weighted by atomic mass is 16.5. The van der Waals surface area contributed by atoms with Crippen molar-refractivity contribution in [1.82, 2.24) is 9.97 Å². The van der Waals surface area contributed by atoms with E-state index in [1.54, 1.807) is 0 Å². The van der Waals surface area contributed by atoms with Gasteiger partial charge in [0.05, 0.1) is 24.6 Å². The summed E-state index contributed by atoms with van der Waals surface area (Å²) >= 11 is 0. The molecule has 0 unspecified atom stereocenters. The molecule has 2 aliphatic rings. The summed E-state index contributed by atoms with van der Waals surface area (Å²) in [5, 5.41) is 7.07. The van der Waals surface area contributed by atoms with Crippen LogP contribution in [0.3, 0.4) is 0 Å². The van der Waals surface area contributed by atoms with Crippen molar-refractivity contribution >= 4 is 23.0 Å². The molecule has 0 radical (unpaired) electrons. The van der Waals surface area contributed by atoms with Gasteiger partial charge < -0.3 is 20.3 Å². The Kier molecular flexibility index (Phi) is 5.20. The van der Waals surface area contributed by atoms with Crippen LogP contribution in [0.1, 0.15) is 31.5 Å². The average molecular weight is 353 g/mol. The van der Waals surface area contributed by atoms with Crippen molar-refractivity contribution in [2.45, 2.75) is 38.6 Å². The zero-order valence-corrected chi connectivity index (χ0v) is 15.4. The van der Waals surface area contributed by atoms with Crippen LogP contribution in [0.25, 0.3) is 0 Å². The highest BCUT2D eigenvalue weighted by Crippen LogP contribution is 2.29. The molecule has 2 aromatic rings. The van der Waals surface area contributed by atoms with Crippen LogP contribution in [-0.4, -0.2) is 42.3 Å². The summed E-state index contributed by atoms with van der Waals surface area (Å²) in [4.78, 5) is 11.5. The Morgan fingerprint density at radius 1 is 1.04 bits per heavy atom. The van der Waals surface area contributed by atoms with Gasteiger partial charge in [0.25, 0.3) is 0 Å². The highest BCUT2D eigenvalue weighted by Gasteiger charge is 2.17. The number of hydrogen-bond acceptors (Lipinski definition) is 6. The molecule has 1 saturated heterocycles. The van der Waals surface area contributed by atoms with Crippen molar-refractivity contribution < 1.29 is 4.74 Å². The first-order valence-electron chi connectivity index (χ1n) is 9.59. The molecule has 1 aliphatic carbocycles. The molecule has 1 aromatic carbocycles. The van der Waals surface area contributed by atoms with Gasteiger partial charge in [-0.1, -0.05) is 25.0 Å². The van der Waals surface area contributed by atoms with E-state index in [4.69, 9.17) is 4.74 Å². The van der Waals surface area contributed by atoms with Crippen molar-refractivity contribution in [2.75, 3.05) is 41.8 Å². The Morgan fingerprint density at radius 3 is 2.58 bits per heavy atom. The number of hydrogen-bond donors (Lipinski definition) is 2. The van der Waals surface area contributed by atoms with Gasteiger partial charge in [-0.05, 0) is 31.9 Å². The number of aryl methyl sites for hydroxylation is 1. The number of nitrogens with zero attached hydrogens (tertiary/aromatic N) is 3. The topological polar surface area (TPSA) is 62.3 Å². The summed E-state index contributed by atoms with van der Waals surface area (Å²) < 4.78 is 5.48. The van der Waals surface area contributed by atoms with E-state index >= 15 is 0 Å². The molecule has 1 saturated carbocycles. The van der Waals surface area contributed by atoms with Crippen LogP contribution in [0.4, 0.5) is 23.0 Å². The van der Waals surface area contributed by atoms with Gasteiger partial charge in [-0.3, -0.25) is 0 Å². The molecule has 2 fully saturated rings. The van der Waals surface area contributed by atoms with Gasteiger partial charge in [-0.25, -0.2) is 9.97 Å². The smallest absolute Gasteiger partial charge is 0.136 e. The first-order valence-corrected chi connectivity index (χ1v) is 9.59. The Balaban J connectivity index is 1.54. The Morgan fingerprint density at radius 2 is 1.77 bits per heavy atom. The molecular formula is C20H27N5O. The minimum absolute atomic E-state index is 0.540. The maximum atomic E-state index is 5.48. The standard InChI is InChI=1S/C20H27N5O/c1-15-21-19(23-16-6-2-3-7-16)14-20(22-15)24-17-8-4-5-9-18(17)25-10-12-26-13-11-25/h4-5,8-9,14,16H,2-3,6-7,10-13H2,1H3,(H2,21,22,23,24). The van der Waals surface area contributed by atoms with Crippen molar-refractivity contribution in [3.8, 4) is 0 Å². The Labute approximate surface area is 155 Å². The van der Waals surface area contributed by atoms with Gasteiger partial charge >= 0.3 is 0 Å². The van der Waals surface area contributed by atoms with E-state index in [9.17, 15) is 0 Å². The predicted molar refractivity (Wildman–Crippen MR) is 105 cm³/mol. The van der Waals surface area contributed by atoms with Gasteiger partial charge in [0.2, 0.25) is 0 Å². The summed E-state index contributed by atoms with van der Waals surface area (Å²) in [6, 6.07) is 10.9. The van der Waals surface area contributed by atoms with E-state index in [0.717, 1.165) is 49.5 Å². The number of morpholine rings is 1. The molecule has 6 heteroatoms. The molecule has 4 rings (SSSR count). The molecule has 2 N–H and O–H groups in total. The Hall–Kier alpha value is -2.34. The van der Waals surface area contributed by atoms with Crippen LogP contribution in [-0.2, 0) is 4.74 Å². The molecular weight excluding hydrogens is 326 g/mol. The fraction of sp³-hybridized carbons (Fsp3) is 0.500. The summed E-state index contributed by atoms with van der Waals surface area (Å²) in [7, 11) is 0. The van der Waals surface area contributed by atoms with Gasteiger partial charge in [0.15, 0.2) is 0 Å². The molecule has 6 nitrogen and oxygen atoms in total. The first kappa shape index (κ1) is 17.1. The molecule has 138 valence electrons. The van der Waals surface area contributed by atoms with E-state index < -0.39 is 0 Å². The second kappa shape index (κ2) is 7.91. The lowest BCUT2D eigenvalue weighted by Crippen LogP contribution is -2.36. The number of benzene rings is 1. The molecule has 2 heterocycles. The number of ether oxygens (including phenoxy) is 1. The molecule has 0 bridgehead atoms. The molecule has 26 heavy (non-hydrogen) atoms. The van der Waals surface area contributed by atoms with Crippen LogP contribution in [0.5, 0.6) is 0 Å². The minimum atomic E-state index is 0.540. The third kappa shape index (κ3) is 4.07. The van der Waals surface area contributed by atoms with Crippen LogP contribution in [0.15, 0.2) is 30.3 Å². The van der Waals surface area contributed by atoms with Crippen molar-refractivity contribution in [2.24, 2.45) is 0 Å². The second-order valence-corrected chi connectivity index (χ2v) is 7.05. The SMILES string of the molecule is Cc1nc(Nc2ccccc2N2CCOCC2)cc(NC2CCCC2)n1. The molecule has 1 aliphatic heterocycles. The highest BCUT2D eigenvalue weighted by molar-refractivity contribution is 5.75. The molecule has 0 amide bonds. The van der Waals surface area contributed by atoms with E-state index in [0.29, 0.717) is 6.04 Å². The monoisotopic (exact) mass is 353 g/mol. The lowest BCUT2D eigenvalue weighted by atomic mass is 10.2. The van der Waals surface area contributed by atoms with E-state index in [1.807, 2.05) is 13.0 Å². The first-order chi connectivity index (χ1) is 12.8. The number of nitrogens with one attached hydrogen (secondary N) is 2. The number of rotatable bonds is 5. The maximum absolute atomic E-state index is 5.48. The zero-order chi connectivity index (χ0) is 17.8. The van der Waals surface area contributed by atoms with Gasteiger partial charge in [0.1, 0.15) is 17.5 Å². The third-order valence-electron chi connectivity index (χ3n) is 5.06. The molecule has 0 atom stereocenters. The fourth-order valence-electron chi connectivity index (χ4n) is 3.78. The molecule has 1 aromatic heterocycles. The van der Waals surface area contributed by atoms with Crippen LogP contribution in [0.2, 0.25) is 0 Å². The third-order valence-corrected chi connectivity index (χ3v) is 5.06. The second-order valence-electron chi connectivity index (χ2n) is 7.05. The zero-order valence-electron chi connectivity index (χ0n) is 15.4. The van der Waals surface area contributed by atoms with Crippen molar-refractivity contribution in [3.05, 3.63) is 36.2 Å². The minimum Gasteiger partial charge on any atom is -0.378 e. The quantitative estimate of drug-likeness (QED) is 0.854. The summed E-state index contributed by atoms with van der Waals surface area (Å²) in [5.74, 6) is 2.52. The Bertz CT molecular complexity index is 739. The summed E-state index contributed by atoms with van der Waals surface area (Å²) in [6.07, 6.45) is 5.07. The van der Waals surface area contributed by atoms with Crippen LogP contribution in [0, 0.1) is 6.92 Å². The largest absolute Gasteiger partial charge is 0.378 e. The van der Waals surface area contributed by atoms with E-state index in [-0.39, 0.29) is 0 Å². The lowest BCUT2D eigenvalue weighted by molar-refractivity contribution is 0.123. The number of para-hydroxylation sites is 2.